The van der Waals surface area contributed by atoms with Gasteiger partial charge in [0.1, 0.15) is 0 Å². The highest BCUT2D eigenvalue weighted by Gasteiger charge is 2.22. The first-order valence-electron chi connectivity index (χ1n) is 10.8. The zero-order valence-electron chi connectivity index (χ0n) is 18.8. The number of Topliss-reactive ketones (excluding diaryl/α,β-unsaturated/α-hetero) is 1. The molecule has 162 valence electrons. The molecule has 4 heteroatoms. The number of ketones is 1. The lowest BCUT2D eigenvalue weighted by Crippen LogP contribution is -2.21. The second kappa shape index (κ2) is 10.8. The van der Waals surface area contributed by atoms with Crippen molar-refractivity contribution >= 4 is 29.0 Å². The predicted octanol–water partition coefficient (Wildman–Crippen LogP) is 7.53. The molecular formula is C26H34ClNO2. The Bertz CT molecular complexity index is 866. The number of nitrogens with one attached hydrogen (secondary N) is 1. The Morgan fingerprint density at radius 2 is 1.70 bits per heavy atom. The van der Waals surface area contributed by atoms with Crippen LogP contribution in [0, 0.1) is 0 Å². The Balaban J connectivity index is 2.24. The van der Waals surface area contributed by atoms with Gasteiger partial charge in [-0.15, -0.1) is 0 Å². The van der Waals surface area contributed by atoms with Crippen molar-refractivity contribution in [3.63, 3.8) is 0 Å². The number of unbranched alkanes of at least 4 members (excludes halogenated alkanes) is 2. The number of hydrogen-bond donors (Lipinski definition) is 1. The number of amides is 1. The molecule has 0 spiro atoms. The van der Waals surface area contributed by atoms with Gasteiger partial charge in [0.05, 0.1) is 0 Å². The lowest BCUT2D eigenvalue weighted by Gasteiger charge is -2.24. The zero-order chi connectivity index (χ0) is 22.3. The van der Waals surface area contributed by atoms with Crippen LogP contribution in [0.3, 0.4) is 0 Å². The molecule has 1 N–H and O–H groups in total. The fourth-order valence-electron chi connectivity index (χ4n) is 3.71. The molecule has 30 heavy (non-hydrogen) atoms. The average Bonchev–Trinajstić information content (AvgIpc) is 2.67. The molecule has 0 bridgehead atoms. The van der Waals surface area contributed by atoms with Gasteiger partial charge in [0.25, 0.3) is 0 Å². The maximum Gasteiger partial charge on any atom is 0.224 e. The zero-order valence-corrected chi connectivity index (χ0v) is 19.6. The fourth-order valence-corrected chi connectivity index (χ4v) is 3.83. The maximum atomic E-state index is 13.0. The van der Waals surface area contributed by atoms with Gasteiger partial charge in [0, 0.05) is 22.7 Å². The van der Waals surface area contributed by atoms with Crippen LogP contribution in [0.5, 0.6) is 0 Å². The van der Waals surface area contributed by atoms with E-state index in [0.29, 0.717) is 17.0 Å². The number of anilines is 1. The molecule has 0 aliphatic rings. The average molecular weight is 428 g/mol. The molecule has 0 heterocycles. The highest BCUT2D eigenvalue weighted by Crippen LogP contribution is 2.32. The van der Waals surface area contributed by atoms with E-state index >= 15 is 0 Å². The van der Waals surface area contributed by atoms with E-state index in [2.05, 4.69) is 33.0 Å². The van der Waals surface area contributed by atoms with Gasteiger partial charge >= 0.3 is 0 Å². The van der Waals surface area contributed by atoms with E-state index < -0.39 is 0 Å². The standard InChI is InChI=1S/C26H34ClNO2/c1-6-7-8-9-21(19-10-13-22(27)14-11-19)17-25(30)28-24-16-20(18(2)29)12-15-23(24)26(3,4)5/h10-16,21H,6-9,17H2,1-5H3,(H,28,30). The van der Waals surface area contributed by atoms with E-state index in [9.17, 15) is 9.59 Å². The van der Waals surface area contributed by atoms with E-state index in [1.165, 1.54) is 0 Å². The third-order valence-corrected chi connectivity index (χ3v) is 5.69. The van der Waals surface area contributed by atoms with Gasteiger partial charge in [0.2, 0.25) is 5.91 Å². The van der Waals surface area contributed by atoms with Crippen LogP contribution in [0.1, 0.15) is 94.1 Å². The molecule has 2 aromatic carbocycles. The van der Waals surface area contributed by atoms with Crippen LogP contribution in [-0.2, 0) is 10.2 Å². The molecule has 3 nitrogen and oxygen atoms in total. The van der Waals surface area contributed by atoms with Gasteiger partial charge in [0.15, 0.2) is 5.78 Å². The molecule has 0 saturated carbocycles. The first-order valence-corrected chi connectivity index (χ1v) is 11.2. The normalized spacial score (nSPS) is 12.5. The molecule has 0 aliphatic heterocycles. The smallest absolute Gasteiger partial charge is 0.224 e. The Kier molecular flexibility index (Phi) is 8.66. The monoisotopic (exact) mass is 427 g/mol. The van der Waals surface area contributed by atoms with Gasteiger partial charge in [-0.1, -0.05) is 82.8 Å². The van der Waals surface area contributed by atoms with Crippen molar-refractivity contribution in [3.05, 3.63) is 64.2 Å². The summed E-state index contributed by atoms with van der Waals surface area (Å²) < 4.78 is 0. The summed E-state index contributed by atoms with van der Waals surface area (Å²) in [4.78, 5) is 24.9. The topological polar surface area (TPSA) is 46.2 Å². The molecule has 1 amide bonds. The van der Waals surface area contributed by atoms with Gasteiger partial charge in [-0.05, 0) is 54.0 Å². The van der Waals surface area contributed by atoms with Crippen LogP contribution < -0.4 is 5.32 Å². The minimum atomic E-state index is -0.144. The Hall–Kier alpha value is -2.13. The first kappa shape index (κ1) is 24.1. The summed E-state index contributed by atoms with van der Waals surface area (Å²) in [5, 5.41) is 3.80. The molecule has 1 atom stereocenters. The van der Waals surface area contributed by atoms with Crippen LogP contribution in [0.15, 0.2) is 42.5 Å². The third-order valence-electron chi connectivity index (χ3n) is 5.44. The second-order valence-corrected chi connectivity index (χ2v) is 9.50. The SMILES string of the molecule is CCCCCC(CC(=O)Nc1cc(C(C)=O)ccc1C(C)(C)C)c1ccc(Cl)cc1. The molecule has 2 aromatic rings. The molecule has 0 aromatic heterocycles. The highest BCUT2D eigenvalue weighted by molar-refractivity contribution is 6.30. The van der Waals surface area contributed by atoms with Crippen molar-refractivity contribution in [3.8, 4) is 0 Å². The van der Waals surface area contributed by atoms with Crippen molar-refractivity contribution < 1.29 is 9.59 Å². The fraction of sp³-hybridized carbons (Fsp3) is 0.462. The van der Waals surface area contributed by atoms with Gasteiger partial charge < -0.3 is 5.32 Å². The van der Waals surface area contributed by atoms with Crippen LogP contribution in [0.2, 0.25) is 5.02 Å². The lowest BCUT2D eigenvalue weighted by atomic mass is 9.84. The second-order valence-electron chi connectivity index (χ2n) is 9.06. The molecule has 0 fully saturated rings. The van der Waals surface area contributed by atoms with E-state index in [1.54, 1.807) is 13.0 Å². The first-order chi connectivity index (χ1) is 14.1. The van der Waals surface area contributed by atoms with Gasteiger partial charge in [-0.3, -0.25) is 9.59 Å². The number of carbonyl (C=O) groups excluding carboxylic acids is 2. The molecular weight excluding hydrogens is 394 g/mol. The predicted molar refractivity (Wildman–Crippen MR) is 127 cm³/mol. The summed E-state index contributed by atoms with van der Waals surface area (Å²) in [6, 6.07) is 13.4. The van der Waals surface area contributed by atoms with Crippen molar-refractivity contribution in [1.29, 1.82) is 0 Å². The number of benzene rings is 2. The van der Waals surface area contributed by atoms with E-state index in [1.807, 2.05) is 36.4 Å². The quantitative estimate of drug-likeness (QED) is 0.332. The Labute approximate surface area is 186 Å². The molecule has 0 saturated heterocycles. The summed E-state index contributed by atoms with van der Waals surface area (Å²) in [7, 11) is 0. The van der Waals surface area contributed by atoms with Crippen LogP contribution in [0.4, 0.5) is 5.69 Å². The Morgan fingerprint density at radius 1 is 1.03 bits per heavy atom. The lowest BCUT2D eigenvalue weighted by molar-refractivity contribution is -0.116. The van der Waals surface area contributed by atoms with Gasteiger partial charge in [-0.25, -0.2) is 0 Å². The summed E-state index contributed by atoms with van der Waals surface area (Å²) in [6.07, 6.45) is 4.75. The van der Waals surface area contributed by atoms with Crippen molar-refractivity contribution in [1.82, 2.24) is 0 Å². The molecule has 2 rings (SSSR count). The number of carbonyl (C=O) groups is 2. The van der Waals surface area contributed by atoms with Crippen molar-refractivity contribution in [2.45, 2.75) is 78.1 Å². The minimum Gasteiger partial charge on any atom is -0.326 e. The van der Waals surface area contributed by atoms with Crippen LogP contribution in [-0.4, -0.2) is 11.7 Å². The number of rotatable bonds is 9. The summed E-state index contributed by atoms with van der Waals surface area (Å²) in [5.74, 6) is 0.102. The number of hydrogen-bond acceptors (Lipinski definition) is 2. The van der Waals surface area contributed by atoms with Crippen LogP contribution >= 0.6 is 11.6 Å². The van der Waals surface area contributed by atoms with E-state index in [-0.39, 0.29) is 23.0 Å². The summed E-state index contributed by atoms with van der Waals surface area (Å²) in [5.41, 5.74) is 3.35. The maximum absolute atomic E-state index is 13.0. The van der Waals surface area contributed by atoms with E-state index in [4.69, 9.17) is 11.6 Å². The highest BCUT2D eigenvalue weighted by atomic mass is 35.5. The summed E-state index contributed by atoms with van der Waals surface area (Å²) in [6.45, 7) is 10.0. The van der Waals surface area contributed by atoms with Gasteiger partial charge in [-0.2, -0.15) is 0 Å². The number of halogens is 1. The molecule has 0 radical (unpaired) electrons. The Morgan fingerprint density at radius 3 is 2.27 bits per heavy atom. The third kappa shape index (κ3) is 6.98. The molecule has 1 unspecified atom stereocenters. The van der Waals surface area contributed by atoms with Crippen LogP contribution in [0.25, 0.3) is 0 Å². The minimum absolute atomic E-state index is 0.00966. The molecule has 0 aliphatic carbocycles. The van der Waals surface area contributed by atoms with E-state index in [0.717, 1.165) is 42.5 Å². The van der Waals surface area contributed by atoms with Crippen molar-refractivity contribution in [2.75, 3.05) is 5.32 Å². The largest absolute Gasteiger partial charge is 0.326 e. The van der Waals surface area contributed by atoms with Crippen molar-refractivity contribution in [2.24, 2.45) is 0 Å². The summed E-state index contributed by atoms with van der Waals surface area (Å²) >= 11 is 6.05.